The lowest BCUT2D eigenvalue weighted by atomic mass is 10.1. The van der Waals surface area contributed by atoms with Gasteiger partial charge in [0.25, 0.3) is 5.97 Å². The summed E-state index contributed by atoms with van der Waals surface area (Å²) < 4.78 is 4.84. The molecule has 1 aliphatic rings. The number of carboxylic acids is 1. The predicted octanol–water partition coefficient (Wildman–Crippen LogP) is 7.42. The Morgan fingerprint density at radius 2 is 1.33 bits per heavy atom. The molecule has 0 bridgehead atoms. The van der Waals surface area contributed by atoms with E-state index in [0.29, 0.717) is 6.61 Å². The molecule has 1 rings (SSSR count). The number of carbonyl (C=O) groups is 2. The standard InChI is InChI=1S/C13H22O2.C11H18.C2H4O2/c1-11(2)7-5-8-12(3)9-6-10-15-13(4)14;1-9(2)5-4-6-10(3)11-7-8-11;1-2(3)4/h7,9H,5-6,8,10H2,1-4H3;5,11H,3-4,6-8H2,1-2H3;1H3,(H,3,4)/b12-9+;;. The third-order valence-electron chi connectivity index (χ3n) is 4.18. The number of aliphatic carboxylic acids is 1. The van der Waals surface area contributed by atoms with E-state index in [1.54, 1.807) is 0 Å². The summed E-state index contributed by atoms with van der Waals surface area (Å²) >= 11 is 0. The van der Waals surface area contributed by atoms with E-state index in [1.807, 2.05) is 0 Å². The number of esters is 1. The molecule has 4 heteroatoms. The molecule has 1 N–H and O–H groups in total. The van der Waals surface area contributed by atoms with Gasteiger partial charge in [0.1, 0.15) is 0 Å². The second-order valence-electron chi connectivity index (χ2n) is 8.27. The number of hydrogen-bond acceptors (Lipinski definition) is 3. The second-order valence-corrected chi connectivity index (χ2v) is 8.27. The summed E-state index contributed by atoms with van der Waals surface area (Å²) in [4.78, 5) is 19.5. The fourth-order valence-electron chi connectivity index (χ4n) is 2.44. The van der Waals surface area contributed by atoms with E-state index in [2.05, 4.69) is 59.4 Å². The largest absolute Gasteiger partial charge is 0.481 e. The van der Waals surface area contributed by atoms with Gasteiger partial charge in [-0.25, -0.2) is 0 Å². The second kappa shape index (κ2) is 18.9. The molecule has 0 spiro atoms. The van der Waals surface area contributed by atoms with Crippen molar-refractivity contribution < 1.29 is 19.4 Å². The molecule has 1 aliphatic carbocycles. The Bertz CT molecular complexity index is 593. The molecule has 0 saturated heterocycles. The topological polar surface area (TPSA) is 63.6 Å². The molecule has 0 radical (unpaired) electrons. The molecule has 0 amide bonds. The minimum atomic E-state index is -0.833. The number of carboxylic acid groups (broad SMARTS) is 1. The van der Waals surface area contributed by atoms with Crippen LogP contribution < -0.4 is 0 Å². The summed E-state index contributed by atoms with van der Waals surface area (Å²) in [6, 6.07) is 0. The van der Waals surface area contributed by atoms with Crippen molar-refractivity contribution in [1.82, 2.24) is 0 Å². The molecule has 30 heavy (non-hydrogen) atoms. The zero-order valence-corrected chi connectivity index (χ0v) is 20.3. The summed E-state index contributed by atoms with van der Waals surface area (Å²) in [5, 5.41) is 7.42. The summed E-state index contributed by atoms with van der Waals surface area (Å²) in [6.45, 7) is 17.7. The number of rotatable bonds is 10. The average Bonchev–Trinajstić information content (AvgIpc) is 3.43. The lowest BCUT2D eigenvalue weighted by Crippen LogP contribution is -1.99. The maximum Gasteiger partial charge on any atom is 0.302 e. The smallest absolute Gasteiger partial charge is 0.302 e. The molecule has 172 valence electrons. The van der Waals surface area contributed by atoms with Crippen molar-refractivity contribution in [3.05, 3.63) is 47.1 Å². The van der Waals surface area contributed by atoms with Gasteiger partial charge in [0.2, 0.25) is 0 Å². The third kappa shape index (κ3) is 28.1. The van der Waals surface area contributed by atoms with Crippen molar-refractivity contribution in [2.45, 2.75) is 93.4 Å². The van der Waals surface area contributed by atoms with Crippen molar-refractivity contribution in [2.75, 3.05) is 6.61 Å². The van der Waals surface area contributed by atoms with Crippen LogP contribution >= 0.6 is 0 Å². The predicted molar refractivity (Wildman–Crippen MR) is 128 cm³/mol. The first-order valence-electron chi connectivity index (χ1n) is 10.9. The fraction of sp³-hybridized carbons (Fsp3) is 0.615. The Morgan fingerprint density at radius 1 is 0.867 bits per heavy atom. The highest BCUT2D eigenvalue weighted by atomic mass is 16.5. The highest BCUT2D eigenvalue weighted by Crippen LogP contribution is 2.37. The Kier molecular flexibility index (Phi) is 19.0. The molecule has 4 nitrogen and oxygen atoms in total. The molecule has 0 aromatic rings. The summed E-state index contributed by atoms with van der Waals surface area (Å²) in [5.41, 5.74) is 5.62. The van der Waals surface area contributed by atoms with Gasteiger partial charge in [-0.2, -0.15) is 0 Å². The van der Waals surface area contributed by atoms with Crippen LogP contribution in [0.1, 0.15) is 93.4 Å². The van der Waals surface area contributed by atoms with E-state index in [-0.39, 0.29) is 5.97 Å². The Hall–Kier alpha value is -2.10. The van der Waals surface area contributed by atoms with Gasteiger partial charge in [0.05, 0.1) is 6.61 Å². The Labute approximate surface area is 184 Å². The average molecular weight is 421 g/mol. The van der Waals surface area contributed by atoms with E-state index >= 15 is 0 Å². The Balaban J connectivity index is 0. The highest BCUT2D eigenvalue weighted by Gasteiger charge is 2.23. The van der Waals surface area contributed by atoms with Gasteiger partial charge in [-0.1, -0.05) is 47.1 Å². The minimum absolute atomic E-state index is 0.203. The number of ether oxygens (including phenoxy) is 1. The zero-order valence-electron chi connectivity index (χ0n) is 20.3. The summed E-state index contributed by atoms with van der Waals surface area (Å²) in [5.74, 6) is -0.147. The first-order chi connectivity index (χ1) is 14.0. The molecule has 0 aromatic heterocycles. The van der Waals surface area contributed by atoms with Gasteiger partial charge in [0.15, 0.2) is 0 Å². The van der Waals surface area contributed by atoms with Crippen LogP contribution in [0.25, 0.3) is 0 Å². The first-order valence-corrected chi connectivity index (χ1v) is 10.9. The van der Waals surface area contributed by atoms with Gasteiger partial charge in [-0.3, -0.25) is 9.59 Å². The third-order valence-corrected chi connectivity index (χ3v) is 4.18. The van der Waals surface area contributed by atoms with E-state index < -0.39 is 5.97 Å². The van der Waals surface area contributed by atoms with Gasteiger partial charge in [-0.05, 0) is 85.5 Å². The molecule has 0 heterocycles. The fourth-order valence-corrected chi connectivity index (χ4v) is 2.44. The van der Waals surface area contributed by atoms with Gasteiger partial charge >= 0.3 is 5.97 Å². The monoisotopic (exact) mass is 420 g/mol. The van der Waals surface area contributed by atoms with Gasteiger partial charge < -0.3 is 9.84 Å². The van der Waals surface area contributed by atoms with Crippen molar-refractivity contribution >= 4 is 11.9 Å². The lowest BCUT2D eigenvalue weighted by molar-refractivity contribution is -0.140. The van der Waals surface area contributed by atoms with E-state index in [0.717, 1.165) is 32.1 Å². The normalized spacial score (nSPS) is 12.3. The van der Waals surface area contributed by atoms with Crippen LogP contribution in [0.3, 0.4) is 0 Å². The molecular formula is C26H44O4. The zero-order chi connectivity index (χ0) is 23.5. The number of hydrogen-bond donors (Lipinski definition) is 1. The molecule has 0 unspecified atom stereocenters. The van der Waals surface area contributed by atoms with E-state index in [4.69, 9.17) is 14.6 Å². The lowest BCUT2D eigenvalue weighted by Gasteiger charge is -2.00. The molecule has 0 aromatic carbocycles. The molecular weight excluding hydrogens is 376 g/mol. The van der Waals surface area contributed by atoms with Crippen LogP contribution in [-0.4, -0.2) is 23.7 Å². The van der Waals surface area contributed by atoms with Crippen LogP contribution in [0.4, 0.5) is 0 Å². The van der Waals surface area contributed by atoms with Crippen LogP contribution in [0.15, 0.2) is 47.1 Å². The van der Waals surface area contributed by atoms with Crippen molar-refractivity contribution in [3.63, 3.8) is 0 Å². The van der Waals surface area contributed by atoms with Crippen LogP contribution in [0.2, 0.25) is 0 Å². The summed E-state index contributed by atoms with van der Waals surface area (Å²) in [6.07, 6.45) is 14.9. The van der Waals surface area contributed by atoms with E-state index in [1.165, 1.54) is 54.9 Å². The minimum Gasteiger partial charge on any atom is -0.481 e. The van der Waals surface area contributed by atoms with Crippen LogP contribution in [0, 0.1) is 5.92 Å². The molecule has 1 saturated carbocycles. The number of allylic oxidation sites excluding steroid dienone is 6. The Morgan fingerprint density at radius 3 is 1.73 bits per heavy atom. The van der Waals surface area contributed by atoms with Gasteiger partial charge in [-0.15, -0.1) is 0 Å². The quantitative estimate of drug-likeness (QED) is 0.227. The van der Waals surface area contributed by atoms with E-state index in [9.17, 15) is 4.79 Å². The number of carbonyl (C=O) groups excluding carboxylic acids is 1. The molecule has 0 aliphatic heterocycles. The summed E-state index contributed by atoms with van der Waals surface area (Å²) in [7, 11) is 0. The maximum atomic E-state index is 10.5. The molecule has 0 atom stereocenters. The van der Waals surface area contributed by atoms with Crippen LogP contribution in [0.5, 0.6) is 0 Å². The van der Waals surface area contributed by atoms with Crippen molar-refractivity contribution in [1.29, 1.82) is 0 Å². The van der Waals surface area contributed by atoms with Crippen molar-refractivity contribution in [2.24, 2.45) is 5.92 Å². The molecule has 1 fully saturated rings. The van der Waals surface area contributed by atoms with Crippen molar-refractivity contribution in [3.8, 4) is 0 Å². The first kappa shape index (κ1) is 30.1. The van der Waals surface area contributed by atoms with Gasteiger partial charge in [0, 0.05) is 13.8 Å². The van der Waals surface area contributed by atoms with Crippen LogP contribution in [-0.2, 0) is 14.3 Å². The highest BCUT2D eigenvalue weighted by molar-refractivity contribution is 5.65. The SMILES string of the molecule is C=C(CCC=C(C)C)C1CC1.CC(=O)O.CC(=O)OCC/C=C(\C)CCC=C(C)C. The maximum absolute atomic E-state index is 10.5.